The summed E-state index contributed by atoms with van der Waals surface area (Å²) in [5.74, 6) is 0.479. The van der Waals surface area contributed by atoms with Gasteiger partial charge in [-0.25, -0.2) is 10.4 Å². The molecule has 3 aromatic rings. The lowest BCUT2D eigenvalue weighted by molar-refractivity contribution is 0.0955. The highest BCUT2D eigenvalue weighted by atomic mass is 32.1. The highest BCUT2D eigenvalue weighted by Crippen LogP contribution is 2.24. The summed E-state index contributed by atoms with van der Waals surface area (Å²) in [7, 11) is 1.61. The third-order valence-electron chi connectivity index (χ3n) is 3.16. The van der Waals surface area contributed by atoms with Crippen LogP contribution in [-0.4, -0.2) is 24.2 Å². The number of ether oxygens (including phenoxy) is 1. The van der Waals surface area contributed by atoms with Crippen molar-refractivity contribution in [1.29, 1.82) is 0 Å². The molecule has 1 aromatic heterocycles. The molecule has 0 saturated heterocycles. The van der Waals surface area contributed by atoms with Gasteiger partial charge in [0.05, 0.1) is 23.5 Å². The van der Waals surface area contributed by atoms with Gasteiger partial charge in [-0.15, -0.1) is 0 Å². The molecule has 0 unspecified atom stereocenters. The monoisotopic (exact) mass is 326 g/mol. The number of thiazole rings is 1. The fraction of sp³-hybridized carbons (Fsp3) is 0.0625. The van der Waals surface area contributed by atoms with E-state index in [0.29, 0.717) is 10.7 Å². The van der Waals surface area contributed by atoms with Crippen molar-refractivity contribution in [3.8, 4) is 5.75 Å². The van der Waals surface area contributed by atoms with Crippen molar-refractivity contribution in [1.82, 2.24) is 10.4 Å². The zero-order valence-electron chi connectivity index (χ0n) is 12.3. The number of hydrogen-bond acceptors (Lipinski definition) is 6. The quantitative estimate of drug-likeness (QED) is 0.570. The van der Waals surface area contributed by atoms with Crippen LogP contribution in [0.15, 0.2) is 47.6 Å². The Morgan fingerprint density at radius 1 is 1.30 bits per heavy atom. The summed E-state index contributed by atoms with van der Waals surface area (Å²) < 4.78 is 5.95. The van der Waals surface area contributed by atoms with E-state index in [9.17, 15) is 4.79 Å². The number of rotatable bonds is 4. The summed E-state index contributed by atoms with van der Waals surface area (Å²) in [6, 6.07) is 12.6. The second-order valence-electron chi connectivity index (χ2n) is 4.71. The van der Waals surface area contributed by atoms with Crippen LogP contribution >= 0.6 is 11.3 Å². The predicted octanol–water partition coefficient (Wildman–Crippen LogP) is 2.65. The van der Waals surface area contributed by atoms with E-state index < -0.39 is 0 Å². The number of carbonyl (C=O) groups excluding carboxylic acids is 1. The van der Waals surface area contributed by atoms with Crippen molar-refractivity contribution in [2.24, 2.45) is 5.10 Å². The summed E-state index contributed by atoms with van der Waals surface area (Å²) >= 11 is 1.34. The average Bonchev–Trinajstić information content (AvgIpc) is 2.94. The number of carbonyl (C=O) groups is 1. The van der Waals surface area contributed by atoms with Gasteiger partial charge in [0.25, 0.3) is 5.91 Å². The Hall–Kier alpha value is -2.93. The molecule has 23 heavy (non-hydrogen) atoms. The van der Waals surface area contributed by atoms with Gasteiger partial charge in [-0.3, -0.25) is 4.79 Å². The van der Waals surface area contributed by atoms with E-state index in [4.69, 9.17) is 10.5 Å². The third kappa shape index (κ3) is 3.46. The van der Waals surface area contributed by atoms with Crippen molar-refractivity contribution in [2.45, 2.75) is 0 Å². The molecule has 0 aliphatic heterocycles. The van der Waals surface area contributed by atoms with E-state index in [0.717, 1.165) is 21.5 Å². The maximum absolute atomic E-state index is 12.1. The molecule has 7 heteroatoms. The number of anilines is 1. The molecule has 0 aliphatic rings. The van der Waals surface area contributed by atoms with Crippen LogP contribution < -0.4 is 15.9 Å². The van der Waals surface area contributed by atoms with Crippen molar-refractivity contribution in [2.75, 3.05) is 12.8 Å². The van der Waals surface area contributed by atoms with E-state index in [1.165, 1.54) is 11.3 Å². The molecule has 3 N–H and O–H groups in total. The predicted molar refractivity (Wildman–Crippen MR) is 92.1 cm³/mol. The highest BCUT2D eigenvalue weighted by molar-refractivity contribution is 7.22. The van der Waals surface area contributed by atoms with Gasteiger partial charge >= 0.3 is 0 Å². The van der Waals surface area contributed by atoms with Gasteiger partial charge in [0.2, 0.25) is 0 Å². The maximum atomic E-state index is 12.1. The van der Waals surface area contributed by atoms with E-state index in [2.05, 4.69) is 15.5 Å². The number of hydrazone groups is 1. The summed E-state index contributed by atoms with van der Waals surface area (Å²) in [6.45, 7) is 0. The normalized spacial score (nSPS) is 11.0. The van der Waals surface area contributed by atoms with Crippen LogP contribution in [0, 0.1) is 0 Å². The van der Waals surface area contributed by atoms with Gasteiger partial charge in [0, 0.05) is 5.56 Å². The number of amides is 1. The minimum absolute atomic E-state index is 0.288. The maximum Gasteiger partial charge on any atom is 0.271 e. The van der Waals surface area contributed by atoms with Gasteiger partial charge in [-0.2, -0.15) is 5.10 Å². The molecular formula is C16H14N4O2S. The minimum Gasteiger partial charge on any atom is -0.497 e. The summed E-state index contributed by atoms with van der Waals surface area (Å²) in [6.07, 6.45) is 1.57. The first kappa shape index (κ1) is 15.0. The first-order chi connectivity index (χ1) is 11.2. The van der Waals surface area contributed by atoms with Gasteiger partial charge in [-0.1, -0.05) is 11.3 Å². The van der Waals surface area contributed by atoms with Crippen molar-refractivity contribution in [3.05, 3.63) is 53.6 Å². The minimum atomic E-state index is -0.288. The van der Waals surface area contributed by atoms with Crippen LogP contribution in [-0.2, 0) is 0 Å². The SMILES string of the molecule is COc1ccc(/C=N\NC(=O)c2ccc3nc(N)sc3c2)cc1. The number of benzene rings is 2. The molecule has 3 rings (SSSR count). The Labute approximate surface area is 136 Å². The average molecular weight is 326 g/mol. The second-order valence-corrected chi connectivity index (χ2v) is 5.77. The first-order valence-corrected chi connectivity index (χ1v) is 7.61. The Bertz CT molecular complexity index is 871. The summed E-state index contributed by atoms with van der Waals surface area (Å²) in [4.78, 5) is 16.2. The third-order valence-corrected chi connectivity index (χ3v) is 4.01. The number of hydrogen-bond donors (Lipinski definition) is 2. The van der Waals surface area contributed by atoms with Gasteiger partial charge in [0.15, 0.2) is 5.13 Å². The topological polar surface area (TPSA) is 89.6 Å². The van der Waals surface area contributed by atoms with E-state index in [-0.39, 0.29) is 5.91 Å². The fourth-order valence-electron chi connectivity index (χ4n) is 2.00. The zero-order chi connectivity index (χ0) is 16.2. The zero-order valence-corrected chi connectivity index (χ0v) is 13.1. The molecule has 0 spiro atoms. The number of nitrogens with two attached hydrogens (primary N) is 1. The Kier molecular flexibility index (Phi) is 4.20. The molecule has 0 atom stereocenters. The number of nitrogens with zero attached hydrogens (tertiary/aromatic N) is 2. The molecule has 0 fully saturated rings. The van der Waals surface area contributed by atoms with E-state index >= 15 is 0 Å². The Balaban J connectivity index is 1.68. The number of fused-ring (bicyclic) bond motifs is 1. The van der Waals surface area contributed by atoms with Crippen molar-refractivity contribution >= 4 is 38.8 Å². The van der Waals surface area contributed by atoms with Crippen LogP contribution in [0.1, 0.15) is 15.9 Å². The number of nitrogens with one attached hydrogen (secondary N) is 1. The van der Waals surface area contributed by atoms with Crippen LogP contribution in [0.4, 0.5) is 5.13 Å². The van der Waals surface area contributed by atoms with Crippen LogP contribution in [0.25, 0.3) is 10.2 Å². The van der Waals surface area contributed by atoms with Gasteiger partial charge in [0.1, 0.15) is 5.75 Å². The molecule has 0 bridgehead atoms. The van der Waals surface area contributed by atoms with E-state index in [1.807, 2.05) is 24.3 Å². The van der Waals surface area contributed by atoms with Crippen LogP contribution in [0.2, 0.25) is 0 Å². The molecule has 0 aliphatic carbocycles. The molecule has 116 valence electrons. The first-order valence-electron chi connectivity index (χ1n) is 6.79. The van der Waals surface area contributed by atoms with Crippen LogP contribution in [0.3, 0.4) is 0 Å². The standard InChI is InChI=1S/C16H14N4O2S/c1-22-12-5-2-10(3-6-12)9-18-20-15(21)11-4-7-13-14(8-11)23-16(17)19-13/h2-9H,1H3,(H2,17,19)(H,20,21)/b18-9-. The summed E-state index contributed by atoms with van der Waals surface area (Å²) in [5.41, 5.74) is 10.3. The smallest absolute Gasteiger partial charge is 0.271 e. The van der Waals surface area contributed by atoms with E-state index in [1.54, 1.807) is 31.5 Å². The lowest BCUT2D eigenvalue weighted by Gasteiger charge is -2.00. The Morgan fingerprint density at radius 3 is 2.83 bits per heavy atom. The molecule has 1 heterocycles. The lowest BCUT2D eigenvalue weighted by Crippen LogP contribution is -2.17. The fourth-order valence-corrected chi connectivity index (χ4v) is 2.78. The largest absolute Gasteiger partial charge is 0.497 e. The number of nitrogen functional groups attached to an aromatic ring is 1. The lowest BCUT2D eigenvalue weighted by atomic mass is 10.2. The number of aromatic nitrogens is 1. The molecular weight excluding hydrogens is 312 g/mol. The molecule has 0 radical (unpaired) electrons. The van der Waals surface area contributed by atoms with Gasteiger partial charge < -0.3 is 10.5 Å². The Morgan fingerprint density at radius 2 is 2.09 bits per heavy atom. The highest BCUT2D eigenvalue weighted by Gasteiger charge is 2.07. The molecule has 6 nitrogen and oxygen atoms in total. The second kappa shape index (κ2) is 6.45. The number of methoxy groups -OCH3 is 1. The molecule has 1 amide bonds. The summed E-state index contributed by atoms with van der Waals surface area (Å²) in [5, 5.41) is 4.44. The van der Waals surface area contributed by atoms with Crippen LogP contribution in [0.5, 0.6) is 5.75 Å². The van der Waals surface area contributed by atoms with Gasteiger partial charge in [-0.05, 0) is 48.0 Å². The molecule has 2 aromatic carbocycles. The van der Waals surface area contributed by atoms with Crippen molar-refractivity contribution < 1.29 is 9.53 Å². The van der Waals surface area contributed by atoms with Crippen molar-refractivity contribution in [3.63, 3.8) is 0 Å². The molecule has 0 saturated carbocycles.